The lowest BCUT2D eigenvalue weighted by atomic mass is 9.74. The van der Waals surface area contributed by atoms with Crippen molar-refractivity contribution >= 4 is 0 Å². The summed E-state index contributed by atoms with van der Waals surface area (Å²) in [6, 6.07) is 0. The molecule has 0 bridgehead atoms. The first-order chi connectivity index (χ1) is 10.7. The van der Waals surface area contributed by atoms with Crippen LogP contribution in [-0.2, 0) is 0 Å². The Kier molecular flexibility index (Phi) is 14.5. The maximum atomic E-state index is 5.51. The molecule has 0 amide bonds. The molecule has 0 unspecified atom stereocenters. The first kappa shape index (κ1) is 21.2. The van der Waals surface area contributed by atoms with Crippen LogP contribution in [0.3, 0.4) is 0 Å². The molecular weight excluding hydrogens is 266 g/mol. The van der Waals surface area contributed by atoms with E-state index in [1.165, 1.54) is 64.2 Å². The molecule has 0 aromatic heterocycles. The van der Waals surface area contributed by atoms with E-state index in [-0.39, 0.29) is 0 Å². The van der Waals surface area contributed by atoms with Crippen molar-refractivity contribution in [3.63, 3.8) is 0 Å². The lowest BCUT2D eigenvalue weighted by Gasteiger charge is -2.31. The van der Waals surface area contributed by atoms with Crippen LogP contribution < -0.4 is 5.73 Å². The number of hydrogen-bond donors (Lipinski definition) is 1. The minimum Gasteiger partial charge on any atom is -0.330 e. The molecular formula is C21H39N. The summed E-state index contributed by atoms with van der Waals surface area (Å²) in [7, 11) is 0. The second kappa shape index (κ2) is 15.1. The van der Waals surface area contributed by atoms with Gasteiger partial charge < -0.3 is 5.73 Å². The Morgan fingerprint density at radius 3 is 1.32 bits per heavy atom. The average Bonchev–Trinajstić information content (AvgIpc) is 2.50. The molecule has 0 fully saturated rings. The van der Waals surface area contributed by atoms with Crippen molar-refractivity contribution in [2.45, 2.75) is 83.5 Å². The molecule has 0 atom stereocenters. The Balaban J connectivity index is 3.77. The zero-order chi connectivity index (χ0) is 16.5. The Morgan fingerprint density at radius 1 is 0.591 bits per heavy atom. The first-order valence-corrected chi connectivity index (χ1v) is 9.27. The highest BCUT2D eigenvalue weighted by Gasteiger charge is 2.25. The topological polar surface area (TPSA) is 26.0 Å². The molecule has 0 radical (unpaired) electrons. The molecule has 22 heavy (non-hydrogen) atoms. The molecule has 2 N–H and O–H groups in total. The second-order valence-electron chi connectivity index (χ2n) is 6.70. The zero-order valence-electron chi connectivity index (χ0n) is 14.8. The zero-order valence-corrected chi connectivity index (χ0v) is 14.8. The molecule has 0 heterocycles. The van der Waals surface area contributed by atoms with Gasteiger partial charge in [0.05, 0.1) is 0 Å². The van der Waals surface area contributed by atoms with Crippen LogP contribution in [0.2, 0.25) is 0 Å². The number of nitrogens with two attached hydrogens (primary N) is 1. The Bertz CT molecular complexity index is 253. The van der Waals surface area contributed by atoms with Crippen LogP contribution in [0.15, 0.2) is 38.0 Å². The number of allylic oxidation sites excluding steroid dienone is 3. The van der Waals surface area contributed by atoms with E-state index in [2.05, 4.69) is 38.0 Å². The molecule has 1 heteroatoms. The van der Waals surface area contributed by atoms with Crippen molar-refractivity contribution in [3.05, 3.63) is 38.0 Å². The number of unbranched alkanes of at least 4 members (excludes halogenated alkanes) is 8. The van der Waals surface area contributed by atoms with Gasteiger partial charge in [0, 0.05) is 0 Å². The van der Waals surface area contributed by atoms with Gasteiger partial charge in [0.1, 0.15) is 0 Å². The highest BCUT2D eigenvalue weighted by molar-refractivity contribution is 4.95. The van der Waals surface area contributed by atoms with Gasteiger partial charge in [-0.2, -0.15) is 0 Å². The van der Waals surface area contributed by atoms with E-state index in [0.717, 1.165) is 25.8 Å². The van der Waals surface area contributed by atoms with Crippen LogP contribution in [0, 0.1) is 5.41 Å². The summed E-state index contributed by atoms with van der Waals surface area (Å²) in [6.07, 6.45) is 22.8. The Hall–Kier alpha value is -0.820. The van der Waals surface area contributed by atoms with Gasteiger partial charge in [0.2, 0.25) is 0 Å². The van der Waals surface area contributed by atoms with Crippen molar-refractivity contribution in [1.82, 2.24) is 0 Å². The molecule has 0 aliphatic carbocycles. The van der Waals surface area contributed by atoms with E-state index in [1.54, 1.807) is 0 Å². The third-order valence-electron chi connectivity index (χ3n) is 4.64. The third kappa shape index (κ3) is 10.8. The van der Waals surface area contributed by atoms with E-state index >= 15 is 0 Å². The molecule has 0 spiro atoms. The van der Waals surface area contributed by atoms with E-state index in [9.17, 15) is 0 Å². The Morgan fingerprint density at radius 2 is 0.955 bits per heavy atom. The lowest BCUT2D eigenvalue weighted by molar-refractivity contribution is 0.260. The standard InChI is InChI=1S/C21H39N/c1-4-16-21(17-5-2,18-6-3)19-14-12-10-8-7-9-11-13-15-20-22/h4-6H,1-3,7-20,22H2. The van der Waals surface area contributed by atoms with Crippen LogP contribution >= 0.6 is 0 Å². The largest absolute Gasteiger partial charge is 0.330 e. The van der Waals surface area contributed by atoms with Gasteiger partial charge in [0.25, 0.3) is 0 Å². The van der Waals surface area contributed by atoms with Gasteiger partial charge in [-0.1, -0.05) is 69.6 Å². The van der Waals surface area contributed by atoms with Crippen molar-refractivity contribution in [2.24, 2.45) is 11.1 Å². The summed E-state index contributed by atoms with van der Waals surface area (Å²) >= 11 is 0. The quantitative estimate of drug-likeness (QED) is 0.239. The molecule has 0 rings (SSSR count). The minimum absolute atomic E-state index is 0.327. The van der Waals surface area contributed by atoms with E-state index in [1.807, 2.05) is 0 Å². The summed E-state index contributed by atoms with van der Waals surface area (Å²) < 4.78 is 0. The van der Waals surface area contributed by atoms with E-state index in [4.69, 9.17) is 5.73 Å². The van der Waals surface area contributed by atoms with Gasteiger partial charge in [-0.3, -0.25) is 0 Å². The third-order valence-corrected chi connectivity index (χ3v) is 4.64. The summed E-state index contributed by atoms with van der Waals surface area (Å²) in [5.74, 6) is 0. The van der Waals surface area contributed by atoms with Gasteiger partial charge in [0.15, 0.2) is 0 Å². The van der Waals surface area contributed by atoms with E-state index < -0.39 is 0 Å². The lowest BCUT2D eigenvalue weighted by Crippen LogP contribution is -2.18. The molecule has 0 saturated carbocycles. The summed E-state index contributed by atoms with van der Waals surface area (Å²) in [5.41, 5.74) is 5.83. The molecule has 1 nitrogen and oxygen atoms in total. The molecule has 0 aromatic rings. The Labute approximate surface area is 139 Å². The first-order valence-electron chi connectivity index (χ1n) is 9.27. The van der Waals surface area contributed by atoms with Crippen LogP contribution in [0.4, 0.5) is 0 Å². The fourth-order valence-electron chi connectivity index (χ4n) is 3.36. The molecule has 0 aliphatic heterocycles. The highest BCUT2D eigenvalue weighted by atomic mass is 14.5. The number of hydrogen-bond acceptors (Lipinski definition) is 1. The second-order valence-corrected chi connectivity index (χ2v) is 6.70. The fraction of sp³-hybridized carbons (Fsp3) is 0.714. The summed E-state index contributed by atoms with van der Waals surface area (Å²) in [5, 5.41) is 0. The van der Waals surface area contributed by atoms with Crippen LogP contribution in [0.5, 0.6) is 0 Å². The SMILES string of the molecule is C=CCC(CC=C)(CC=C)CCCCCCCCCCCN. The van der Waals surface area contributed by atoms with Crippen LogP contribution in [0.1, 0.15) is 83.5 Å². The van der Waals surface area contributed by atoms with Gasteiger partial charge in [-0.15, -0.1) is 19.7 Å². The van der Waals surface area contributed by atoms with E-state index in [0.29, 0.717) is 5.41 Å². The van der Waals surface area contributed by atoms with Gasteiger partial charge in [-0.05, 0) is 44.1 Å². The normalized spacial score (nSPS) is 11.3. The molecule has 128 valence electrons. The molecule has 0 aliphatic rings. The van der Waals surface area contributed by atoms with Gasteiger partial charge in [-0.25, -0.2) is 0 Å². The van der Waals surface area contributed by atoms with Crippen molar-refractivity contribution in [1.29, 1.82) is 0 Å². The monoisotopic (exact) mass is 305 g/mol. The maximum Gasteiger partial charge on any atom is -0.00773 e. The highest BCUT2D eigenvalue weighted by Crippen LogP contribution is 2.38. The molecule has 0 saturated heterocycles. The van der Waals surface area contributed by atoms with Crippen LogP contribution in [0.25, 0.3) is 0 Å². The smallest absolute Gasteiger partial charge is 0.00773 e. The average molecular weight is 306 g/mol. The van der Waals surface area contributed by atoms with Gasteiger partial charge >= 0.3 is 0 Å². The predicted octanol–water partition coefficient (Wildman–Crippen LogP) is 6.56. The van der Waals surface area contributed by atoms with Crippen molar-refractivity contribution < 1.29 is 0 Å². The van der Waals surface area contributed by atoms with Crippen molar-refractivity contribution in [2.75, 3.05) is 6.54 Å². The fourth-order valence-corrected chi connectivity index (χ4v) is 3.36. The minimum atomic E-state index is 0.327. The van der Waals surface area contributed by atoms with Crippen LogP contribution in [-0.4, -0.2) is 6.54 Å². The maximum absolute atomic E-state index is 5.51. The molecule has 0 aromatic carbocycles. The summed E-state index contributed by atoms with van der Waals surface area (Å²) in [4.78, 5) is 0. The predicted molar refractivity (Wildman–Crippen MR) is 102 cm³/mol. The summed E-state index contributed by atoms with van der Waals surface area (Å²) in [6.45, 7) is 12.6. The van der Waals surface area contributed by atoms with Crippen molar-refractivity contribution in [3.8, 4) is 0 Å². The number of rotatable bonds is 17.